The minimum absolute atomic E-state index is 0.0836. The number of ether oxygens (including phenoxy) is 3. The van der Waals surface area contributed by atoms with Crippen molar-refractivity contribution in [1.29, 1.82) is 0 Å². The van der Waals surface area contributed by atoms with Crippen LogP contribution in [0.15, 0.2) is 23.8 Å². The van der Waals surface area contributed by atoms with Crippen LogP contribution in [0.3, 0.4) is 0 Å². The molecule has 2 unspecified atom stereocenters. The highest BCUT2D eigenvalue weighted by Crippen LogP contribution is 2.48. The second-order valence-corrected chi connectivity index (χ2v) is 6.60. The van der Waals surface area contributed by atoms with E-state index < -0.39 is 18.2 Å². The van der Waals surface area contributed by atoms with Crippen molar-refractivity contribution in [2.45, 2.75) is 30.6 Å². The number of benzene rings is 1. The summed E-state index contributed by atoms with van der Waals surface area (Å²) in [6.07, 6.45) is 1.49. The van der Waals surface area contributed by atoms with Crippen molar-refractivity contribution in [3.8, 4) is 11.5 Å². The van der Waals surface area contributed by atoms with Crippen LogP contribution in [-0.2, 0) is 4.74 Å². The van der Waals surface area contributed by atoms with E-state index in [4.69, 9.17) is 14.2 Å². The predicted molar refractivity (Wildman–Crippen MR) is 79.6 cm³/mol. The highest BCUT2D eigenvalue weighted by molar-refractivity contribution is 5.94. The maximum atomic E-state index is 12.4. The highest BCUT2D eigenvalue weighted by Gasteiger charge is 2.50. The first-order chi connectivity index (χ1) is 11.1. The summed E-state index contributed by atoms with van der Waals surface area (Å²) in [5, 5.41) is 10.4. The normalized spacial score (nSPS) is 34.3. The lowest BCUT2D eigenvalue weighted by molar-refractivity contribution is -0.0336. The van der Waals surface area contributed by atoms with Crippen molar-refractivity contribution < 1.29 is 24.1 Å². The Hall–Kier alpha value is -2.05. The molecule has 0 radical (unpaired) electrons. The zero-order chi connectivity index (χ0) is 15.7. The quantitative estimate of drug-likeness (QED) is 0.570. The molecule has 4 atom stereocenters. The predicted octanol–water partition coefficient (Wildman–Crippen LogP) is 1.04. The van der Waals surface area contributed by atoms with Crippen LogP contribution in [0.4, 0.5) is 0 Å². The summed E-state index contributed by atoms with van der Waals surface area (Å²) in [6, 6.07) is 3.74. The fourth-order valence-electron chi connectivity index (χ4n) is 4.36. The monoisotopic (exact) mass is 315 g/mol. The van der Waals surface area contributed by atoms with Crippen molar-refractivity contribution in [3.05, 3.63) is 34.9 Å². The Bertz CT molecular complexity index is 743. The van der Waals surface area contributed by atoms with Crippen LogP contribution >= 0.6 is 0 Å². The molecule has 1 aromatic rings. The Morgan fingerprint density at radius 3 is 2.87 bits per heavy atom. The largest absolute Gasteiger partial charge is 0.455 e. The van der Waals surface area contributed by atoms with E-state index in [9.17, 15) is 9.90 Å². The Labute approximate surface area is 133 Å². The number of nitrogens with zero attached hydrogens (tertiary/aromatic N) is 1. The maximum absolute atomic E-state index is 12.4. The van der Waals surface area contributed by atoms with Crippen LogP contribution in [0, 0.1) is 0 Å². The summed E-state index contributed by atoms with van der Waals surface area (Å²) in [5.74, 6) is 0.741. The van der Waals surface area contributed by atoms with Gasteiger partial charge >= 0.3 is 5.97 Å². The third-order valence-corrected chi connectivity index (χ3v) is 5.39. The van der Waals surface area contributed by atoms with Gasteiger partial charge in [0.1, 0.15) is 12.2 Å². The van der Waals surface area contributed by atoms with Gasteiger partial charge in [0.15, 0.2) is 11.5 Å². The molecular weight excluding hydrogens is 298 g/mol. The van der Waals surface area contributed by atoms with E-state index in [1.807, 2.05) is 12.1 Å². The summed E-state index contributed by atoms with van der Waals surface area (Å²) < 4.78 is 16.4. The molecule has 0 spiro atoms. The van der Waals surface area contributed by atoms with Crippen molar-refractivity contribution in [3.63, 3.8) is 0 Å². The number of aliphatic hydroxyl groups is 1. The van der Waals surface area contributed by atoms with E-state index in [-0.39, 0.29) is 18.8 Å². The van der Waals surface area contributed by atoms with E-state index in [2.05, 4.69) is 11.9 Å². The molecule has 1 saturated heterocycles. The standard InChI is InChI=1S/C17H17NO5/c1-18-3-2-8-4-11(19)16-14(15(8)18)9-5-12-13(22-7-21-12)6-10(9)17(20)23-16/h4-6,11,14-16,19H,2-3,7H2,1H3/t11-,14?,15+,16?/m1/s1. The molecule has 1 N–H and O–H groups in total. The van der Waals surface area contributed by atoms with Gasteiger partial charge in [-0.05, 0) is 31.2 Å². The first-order valence-corrected chi connectivity index (χ1v) is 7.87. The molecule has 0 amide bonds. The van der Waals surface area contributed by atoms with Crippen molar-refractivity contribution >= 4 is 5.97 Å². The molecule has 0 saturated carbocycles. The summed E-state index contributed by atoms with van der Waals surface area (Å²) in [4.78, 5) is 14.7. The van der Waals surface area contributed by atoms with E-state index in [1.165, 1.54) is 5.57 Å². The van der Waals surface area contributed by atoms with Gasteiger partial charge in [-0.25, -0.2) is 4.79 Å². The van der Waals surface area contributed by atoms with Gasteiger partial charge in [0.2, 0.25) is 6.79 Å². The molecule has 3 aliphatic heterocycles. The van der Waals surface area contributed by atoms with E-state index >= 15 is 0 Å². The summed E-state index contributed by atoms with van der Waals surface area (Å²) in [6.45, 7) is 1.11. The number of likely N-dealkylation sites (N-methyl/N-ethyl adjacent to an activating group) is 1. The Morgan fingerprint density at radius 2 is 2.04 bits per heavy atom. The number of carbonyl (C=O) groups excluding carboxylic acids is 1. The van der Waals surface area contributed by atoms with E-state index in [0.29, 0.717) is 17.1 Å². The zero-order valence-electron chi connectivity index (χ0n) is 12.7. The average Bonchev–Trinajstić information content (AvgIpc) is 3.13. The Balaban J connectivity index is 1.70. The smallest absolute Gasteiger partial charge is 0.338 e. The third-order valence-electron chi connectivity index (χ3n) is 5.39. The molecule has 1 aliphatic carbocycles. The van der Waals surface area contributed by atoms with Crippen molar-refractivity contribution in [2.24, 2.45) is 0 Å². The van der Waals surface area contributed by atoms with Gasteiger partial charge < -0.3 is 19.3 Å². The molecular formula is C17H17NO5. The van der Waals surface area contributed by atoms with E-state index in [1.54, 1.807) is 6.07 Å². The number of hydrogen-bond acceptors (Lipinski definition) is 6. The van der Waals surface area contributed by atoms with Gasteiger partial charge in [-0.2, -0.15) is 0 Å². The second kappa shape index (κ2) is 4.49. The molecule has 1 aromatic carbocycles. The molecule has 6 nitrogen and oxygen atoms in total. The lowest BCUT2D eigenvalue weighted by Crippen LogP contribution is -2.50. The van der Waals surface area contributed by atoms with Crippen LogP contribution in [0.5, 0.6) is 11.5 Å². The molecule has 1 fully saturated rings. The number of likely N-dealkylation sites (tertiary alicyclic amines) is 1. The first kappa shape index (κ1) is 13.4. The van der Waals surface area contributed by atoms with Gasteiger partial charge in [0, 0.05) is 18.5 Å². The number of rotatable bonds is 0. The topological polar surface area (TPSA) is 68.2 Å². The molecule has 4 aliphatic rings. The van der Waals surface area contributed by atoms with Gasteiger partial charge in [-0.3, -0.25) is 4.90 Å². The van der Waals surface area contributed by atoms with Gasteiger partial charge in [-0.1, -0.05) is 11.6 Å². The van der Waals surface area contributed by atoms with Crippen molar-refractivity contribution in [1.82, 2.24) is 4.90 Å². The number of hydrogen-bond donors (Lipinski definition) is 1. The Kier molecular flexibility index (Phi) is 2.61. The molecule has 3 heterocycles. The minimum atomic E-state index is -0.764. The highest BCUT2D eigenvalue weighted by atomic mass is 16.7. The Morgan fingerprint density at radius 1 is 1.26 bits per heavy atom. The fourth-order valence-corrected chi connectivity index (χ4v) is 4.36. The summed E-state index contributed by atoms with van der Waals surface area (Å²) >= 11 is 0. The fraction of sp³-hybridized carbons (Fsp3) is 0.471. The lowest BCUT2D eigenvalue weighted by atomic mass is 9.74. The minimum Gasteiger partial charge on any atom is -0.455 e. The molecule has 0 aromatic heterocycles. The molecule has 5 rings (SSSR count). The molecule has 23 heavy (non-hydrogen) atoms. The zero-order valence-corrected chi connectivity index (χ0v) is 12.7. The third kappa shape index (κ3) is 1.73. The van der Waals surface area contributed by atoms with Crippen LogP contribution < -0.4 is 9.47 Å². The molecule has 0 bridgehead atoms. The maximum Gasteiger partial charge on any atom is 0.338 e. The van der Waals surface area contributed by atoms with Gasteiger partial charge in [0.25, 0.3) is 0 Å². The van der Waals surface area contributed by atoms with Gasteiger partial charge in [-0.15, -0.1) is 0 Å². The van der Waals surface area contributed by atoms with Crippen LogP contribution in [0.2, 0.25) is 0 Å². The number of fused-ring (bicyclic) bond motifs is 6. The summed E-state index contributed by atoms with van der Waals surface area (Å²) in [7, 11) is 2.07. The first-order valence-electron chi connectivity index (χ1n) is 7.87. The van der Waals surface area contributed by atoms with Crippen LogP contribution in [0.1, 0.15) is 28.3 Å². The SMILES string of the molecule is CN1CCC2=C[C@@H](O)C3OC(=O)c4cc5c(cc4C3[C@H]21)OCO5. The average molecular weight is 315 g/mol. The van der Waals surface area contributed by atoms with E-state index in [0.717, 1.165) is 18.5 Å². The number of carbonyl (C=O) groups is 1. The van der Waals surface area contributed by atoms with Gasteiger partial charge in [0.05, 0.1) is 5.56 Å². The second-order valence-electron chi connectivity index (χ2n) is 6.60. The van der Waals surface area contributed by atoms with Crippen LogP contribution in [-0.4, -0.2) is 54.6 Å². The van der Waals surface area contributed by atoms with Crippen molar-refractivity contribution in [2.75, 3.05) is 20.4 Å². The summed E-state index contributed by atoms with van der Waals surface area (Å²) in [5.41, 5.74) is 2.63. The molecule has 6 heteroatoms. The molecule has 120 valence electrons. The van der Waals surface area contributed by atoms with Crippen LogP contribution in [0.25, 0.3) is 0 Å². The number of aliphatic hydroxyl groups excluding tert-OH is 1. The number of esters is 1. The lowest BCUT2D eigenvalue weighted by Gasteiger charge is -2.43.